The number of rotatable bonds is 8. The molecule has 5 heteroatoms. The number of guanidine groups is 1. The van der Waals surface area contributed by atoms with E-state index in [1.165, 1.54) is 0 Å². The van der Waals surface area contributed by atoms with Gasteiger partial charge in [0.2, 0.25) is 0 Å². The van der Waals surface area contributed by atoms with Gasteiger partial charge in [-0.25, -0.2) is 0 Å². The van der Waals surface area contributed by atoms with Crippen LogP contribution in [0.2, 0.25) is 0 Å². The number of carbonyl (C=O) groups excluding carboxylic acids is 1. The molecule has 0 spiro atoms. The van der Waals surface area contributed by atoms with Gasteiger partial charge in [0.15, 0.2) is 5.96 Å². The van der Waals surface area contributed by atoms with Crippen molar-refractivity contribution in [1.29, 1.82) is 0 Å². The zero-order valence-corrected chi connectivity index (χ0v) is 13.7. The zero-order valence-electron chi connectivity index (χ0n) is 13.7. The van der Waals surface area contributed by atoms with Crippen LogP contribution in [0.15, 0.2) is 4.99 Å². The average Bonchev–Trinajstić information content (AvgIpc) is 2.31. The van der Waals surface area contributed by atoms with Crippen molar-refractivity contribution in [3.05, 3.63) is 0 Å². The van der Waals surface area contributed by atoms with Crippen LogP contribution in [0.25, 0.3) is 0 Å². The van der Waals surface area contributed by atoms with Crippen LogP contribution >= 0.6 is 0 Å². The lowest BCUT2D eigenvalue weighted by Gasteiger charge is -2.19. The molecule has 0 aromatic carbocycles. The average molecular weight is 285 g/mol. The van der Waals surface area contributed by atoms with E-state index >= 15 is 0 Å². The number of carbonyl (C=O) groups is 1. The molecule has 0 saturated heterocycles. The Balaban J connectivity index is 3.70. The van der Waals surface area contributed by atoms with E-state index in [9.17, 15) is 4.79 Å². The number of ether oxygens (including phenoxy) is 1. The Kier molecular flexibility index (Phi) is 9.86. The molecule has 0 atom stereocenters. The predicted molar refractivity (Wildman–Crippen MR) is 84.0 cm³/mol. The van der Waals surface area contributed by atoms with Gasteiger partial charge in [0.05, 0.1) is 0 Å². The SMILES string of the molecule is CCNC(=NCCCCCC(=O)OC(C)(C)C)NCC. The summed E-state index contributed by atoms with van der Waals surface area (Å²) in [6.45, 7) is 12.3. The van der Waals surface area contributed by atoms with Gasteiger partial charge in [-0.15, -0.1) is 0 Å². The molecule has 0 aliphatic heterocycles. The first-order chi connectivity index (χ1) is 9.39. The highest BCUT2D eigenvalue weighted by atomic mass is 16.6. The summed E-state index contributed by atoms with van der Waals surface area (Å²) in [7, 11) is 0. The van der Waals surface area contributed by atoms with Crippen LogP contribution in [-0.2, 0) is 9.53 Å². The molecule has 0 bridgehead atoms. The van der Waals surface area contributed by atoms with Crippen molar-refractivity contribution in [3.63, 3.8) is 0 Å². The minimum Gasteiger partial charge on any atom is -0.460 e. The fraction of sp³-hybridized carbons (Fsp3) is 0.867. The molecule has 0 saturated carbocycles. The smallest absolute Gasteiger partial charge is 0.306 e. The zero-order chi connectivity index (χ0) is 15.4. The van der Waals surface area contributed by atoms with Gasteiger partial charge in [-0.2, -0.15) is 0 Å². The Bertz CT molecular complexity index is 288. The summed E-state index contributed by atoms with van der Waals surface area (Å²) in [4.78, 5) is 16.0. The van der Waals surface area contributed by atoms with E-state index in [2.05, 4.69) is 15.6 Å². The second kappa shape index (κ2) is 10.5. The van der Waals surface area contributed by atoms with Gasteiger partial charge in [-0.05, 0) is 47.5 Å². The Labute approximate surface area is 123 Å². The van der Waals surface area contributed by atoms with Gasteiger partial charge < -0.3 is 15.4 Å². The molecule has 0 aromatic rings. The van der Waals surface area contributed by atoms with Crippen LogP contribution in [-0.4, -0.2) is 37.2 Å². The summed E-state index contributed by atoms with van der Waals surface area (Å²) < 4.78 is 5.26. The monoisotopic (exact) mass is 285 g/mol. The normalized spacial score (nSPS) is 10.8. The van der Waals surface area contributed by atoms with Crippen molar-refractivity contribution in [2.75, 3.05) is 19.6 Å². The Hall–Kier alpha value is -1.26. The summed E-state index contributed by atoms with van der Waals surface area (Å²) in [5, 5.41) is 6.37. The summed E-state index contributed by atoms with van der Waals surface area (Å²) >= 11 is 0. The molecule has 5 nitrogen and oxygen atoms in total. The van der Waals surface area contributed by atoms with Crippen LogP contribution in [0, 0.1) is 0 Å². The molecule has 0 aliphatic rings. The van der Waals surface area contributed by atoms with Gasteiger partial charge >= 0.3 is 5.97 Å². The maximum Gasteiger partial charge on any atom is 0.306 e. The van der Waals surface area contributed by atoms with E-state index in [4.69, 9.17) is 4.74 Å². The van der Waals surface area contributed by atoms with Crippen molar-refractivity contribution >= 4 is 11.9 Å². The topological polar surface area (TPSA) is 62.7 Å². The molecule has 0 fully saturated rings. The lowest BCUT2D eigenvalue weighted by atomic mass is 10.1. The minimum atomic E-state index is -0.381. The van der Waals surface area contributed by atoms with Gasteiger partial charge in [-0.1, -0.05) is 6.42 Å². The summed E-state index contributed by atoms with van der Waals surface area (Å²) in [5.74, 6) is 0.754. The highest BCUT2D eigenvalue weighted by molar-refractivity contribution is 5.79. The molecule has 0 aromatic heterocycles. The number of unbranched alkanes of at least 4 members (excludes halogenated alkanes) is 2. The van der Waals surface area contributed by atoms with Crippen molar-refractivity contribution in [3.8, 4) is 0 Å². The van der Waals surface area contributed by atoms with E-state index in [1.807, 2.05) is 34.6 Å². The predicted octanol–water partition coefficient (Wildman–Crippen LogP) is 2.46. The first-order valence-corrected chi connectivity index (χ1v) is 7.63. The van der Waals surface area contributed by atoms with Crippen LogP contribution in [0.5, 0.6) is 0 Å². The van der Waals surface area contributed by atoms with Gasteiger partial charge in [-0.3, -0.25) is 9.79 Å². The second-order valence-electron chi connectivity index (χ2n) is 5.69. The Morgan fingerprint density at radius 1 is 1.05 bits per heavy atom. The van der Waals surface area contributed by atoms with Crippen LogP contribution in [0.4, 0.5) is 0 Å². The molecule has 20 heavy (non-hydrogen) atoms. The Morgan fingerprint density at radius 2 is 1.65 bits per heavy atom. The lowest BCUT2D eigenvalue weighted by Crippen LogP contribution is -2.37. The lowest BCUT2D eigenvalue weighted by molar-refractivity contribution is -0.154. The minimum absolute atomic E-state index is 0.109. The molecule has 2 N–H and O–H groups in total. The third-order valence-electron chi connectivity index (χ3n) is 2.42. The van der Waals surface area contributed by atoms with Crippen LogP contribution in [0.1, 0.15) is 60.3 Å². The molecule has 0 radical (unpaired) electrons. The van der Waals surface area contributed by atoms with E-state index in [-0.39, 0.29) is 11.6 Å². The first kappa shape index (κ1) is 18.7. The molecular formula is C15H31N3O2. The second-order valence-corrected chi connectivity index (χ2v) is 5.69. The summed E-state index contributed by atoms with van der Waals surface area (Å²) in [6.07, 6.45) is 3.34. The summed E-state index contributed by atoms with van der Waals surface area (Å²) in [5.41, 5.74) is -0.381. The number of esters is 1. The number of nitrogens with one attached hydrogen (secondary N) is 2. The van der Waals surface area contributed by atoms with Crippen molar-refractivity contribution in [1.82, 2.24) is 10.6 Å². The van der Waals surface area contributed by atoms with Crippen molar-refractivity contribution in [2.45, 2.75) is 65.9 Å². The maximum atomic E-state index is 11.5. The van der Waals surface area contributed by atoms with E-state index in [0.717, 1.165) is 44.9 Å². The molecule has 0 heterocycles. The first-order valence-electron chi connectivity index (χ1n) is 7.63. The third kappa shape index (κ3) is 11.8. The summed E-state index contributed by atoms with van der Waals surface area (Å²) in [6, 6.07) is 0. The highest BCUT2D eigenvalue weighted by Gasteiger charge is 2.15. The van der Waals surface area contributed by atoms with Crippen molar-refractivity contribution in [2.24, 2.45) is 4.99 Å². The number of aliphatic imine (C=N–C) groups is 1. The van der Waals surface area contributed by atoms with Crippen LogP contribution in [0.3, 0.4) is 0 Å². The number of hydrogen-bond acceptors (Lipinski definition) is 3. The Morgan fingerprint density at radius 3 is 2.15 bits per heavy atom. The molecule has 0 unspecified atom stereocenters. The highest BCUT2D eigenvalue weighted by Crippen LogP contribution is 2.10. The van der Waals surface area contributed by atoms with E-state index in [0.29, 0.717) is 6.42 Å². The van der Waals surface area contributed by atoms with E-state index < -0.39 is 0 Å². The van der Waals surface area contributed by atoms with E-state index in [1.54, 1.807) is 0 Å². The van der Waals surface area contributed by atoms with Gasteiger partial charge in [0, 0.05) is 26.1 Å². The quantitative estimate of drug-likeness (QED) is 0.311. The van der Waals surface area contributed by atoms with Gasteiger partial charge in [0.1, 0.15) is 5.60 Å². The molecule has 0 rings (SSSR count). The molecule has 0 amide bonds. The van der Waals surface area contributed by atoms with Crippen LogP contribution < -0.4 is 10.6 Å². The number of hydrogen-bond donors (Lipinski definition) is 2. The molecular weight excluding hydrogens is 254 g/mol. The third-order valence-corrected chi connectivity index (χ3v) is 2.42. The standard InChI is InChI=1S/C15H31N3O2/c1-6-16-14(17-7-2)18-12-10-8-9-11-13(19)20-15(3,4)5/h6-12H2,1-5H3,(H2,16,17,18). The molecule has 0 aliphatic carbocycles. The molecule has 118 valence electrons. The maximum absolute atomic E-state index is 11.5. The largest absolute Gasteiger partial charge is 0.460 e. The van der Waals surface area contributed by atoms with Gasteiger partial charge in [0.25, 0.3) is 0 Å². The fourth-order valence-electron chi connectivity index (χ4n) is 1.65. The fourth-order valence-corrected chi connectivity index (χ4v) is 1.65. The van der Waals surface area contributed by atoms with Crippen molar-refractivity contribution < 1.29 is 9.53 Å². The number of nitrogens with zero attached hydrogens (tertiary/aromatic N) is 1.